The zero-order valence-corrected chi connectivity index (χ0v) is 25.2. The highest BCUT2D eigenvalue weighted by molar-refractivity contribution is 7.92. The van der Waals surface area contributed by atoms with Crippen molar-refractivity contribution in [1.29, 1.82) is 0 Å². The molecule has 3 N–H and O–H groups in total. The third-order valence-corrected chi connectivity index (χ3v) is 9.68. The summed E-state index contributed by atoms with van der Waals surface area (Å²) in [6.45, 7) is 1.68. The maximum atomic E-state index is 13.8. The van der Waals surface area contributed by atoms with Gasteiger partial charge in [0.25, 0.3) is 0 Å². The fourth-order valence-electron chi connectivity index (χ4n) is 4.33. The molecular weight excluding hydrogens is 604 g/mol. The predicted molar refractivity (Wildman–Crippen MR) is 161 cm³/mol. The molecule has 0 saturated heterocycles. The van der Waals surface area contributed by atoms with E-state index in [1.54, 1.807) is 36.4 Å². The molecule has 0 saturated carbocycles. The van der Waals surface area contributed by atoms with Crippen molar-refractivity contribution in [2.24, 2.45) is 0 Å². The Kier molecular flexibility index (Phi) is 9.43. The van der Waals surface area contributed by atoms with Gasteiger partial charge in [0.15, 0.2) is 0 Å². The second-order valence-corrected chi connectivity index (χ2v) is 13.9. The quantitative estimate of drug-likeness (QED) is 0.188. The molecule has 228 valence electrons. The van der Waals surface area contributed by atoms with Crippen LogP contribution in [-0.2, 0) is 39.9 Å². The molecule has 10 nitrogen and oxygen atoms in total. The van der Waals surface area contributed by atoms with Crippen LogP contribution in [0.3, 0.4) is 0 Å². The average Bonchev–Trinajstić information content (AvgIpc) is 2.94. The Morgan fingerprint density at radius 1 is 1.02 bits per heavy atom. The highest BCUT2D eigenvalue weighted by Crippen LogP contribution is 2.44. The van der Waals surface area contributed by atoms with Crippen LogP contribution in [0.5, 0.6) is 0 Å². The number of alkyl halides is 3. The molecule has 0 aliphatic heterocycles. The maximum absolute atomic E-state index is 13.8. The number of aryl methyl sites for hydroxylation is 1. The Labute approximate surface area is 247 Å². The normalized spacial score (nSPS) is 13.3. The summed E-state index contributed by atoms with van der Waals surface area (Å²) in [5.74, 6) is -0.636. The lowest BCUT2D eigenvalue weighted by molar-refractivity contribution is -0.137. The van der Waals surface area contributed by atoms with Crippen LogP contribution in [0.15, 0.2) is 73.1 Å². The molecule has 2 aromatic carbocycles. The van der Waals surface area contributed by atoms with Gasteiger partial charge in [-0.2, -0.15) is 18.2 Å². The van der Waals surface area contributed by atoms with Gasteiger partial charge in [-0.15, -0.1) is 0 Å². The van der Waals surface area contributed by atoms with Gasteiger partial charge in [0.05, 0.1) is 12.4 Å². The SMILES string of the molecule is CCc1ccccc1P(=O)(O)Cc1cccc(Nc2ncc(C(F)(F)F)c(NCc3cccnc3N(C)S(C)(=O)=O)n2)c1. The number of halogens is 3. The van der Waals surface area contributed by atoms with Crippen molar-refractivity contribution >= 4 is 46.0 Å². The van der Waals surface area contributed by atoms with E-state index in [-0.39, 0.29) is 24.5 Å². The van der Waals surface area contributed by atoms with Crippen LogP contribution >= 0.6 is 7.37 Å². The number of benzene rings is 2. The van der Waals surface area contributed by atoms with Crippen LogP contribution in [0.4, 0.5) is 36.4 Å². The van der Waals surface area contributed by atoms with Crippen LogP contribution in [0.1, 0.15) is 29.2 Å². The van der Waals surface area contributed by atoms with E-state index < -0.39 is 34.9 Å². The molecule has 0 fully saturated rings. The first-order valence-electron chi connectivity index (χ1n) is 13.0. The lowest BCUT2D eigenvalue weighted by atomic mass is 10.2. The van der Waals surface area contributed by atoms with Crippen molar-refractivity contribution in [2.45, 2.75) is 32.2 Å². The minimum Gasteiger partial charge on any atom is -0.365 e. The van der Waals surface area contributed by atoms with E-state index in [1.165, 1.54) is 25.4 Å². The molecule has 0 radical (unpaired) electrons. The molecule has 2 aromatic heterocycles. The van der Waals surface area contributed by atoms with Crippen LogP contribution in [0.2, 0.25) is 0 Å². The Hall–Kier alpha value is -4.00. The molecule has 0 bridgehead atoms. The van der Waals surface area contributed by atoms with Gasteiger partial charge in [0.2, 0.25) is 23.3 Å². The van der Waals surface area contributed by atoms with E-state index in [4.69, 9.17) is 0 Å². The lowest BCUT2D eigenvalue weighted by Gasteiger charge is -2.20. The number of pyridine rings is 1. The standard InChI is InChI=1S/C28H30F3N6O4PS/c1-4-20-10-5-6-13-24(20)42(38,39)18-19-9-7-12-22(15-19)35-27-34-17-23(28(29,30)31)25(36-27)33-16-21-11-8-14-32-26(21)37(2)43(3,40)41/h5-15,17H,4,16,18H2,1-3H3,(H,38,39)(H2,33,34,35,36). The Bertz CT molecular complexity index is 1770. The number of nitrogens with zero attached hydrogens (tertiary/aromatic N) is 4. The van der Waals surface area contributed by atoms with Crippen molar-refractivity contribution in [3.8, 4) is 0 Å². The minimum atomic E-state index is -4.78. The fourth-order valence-corrected chi connectivity index (χ4v) is 6.67. The summed E-state index contributed by atoms with van der Waals surface area (Å²) in [7, 11) is -6.14. The van der Waals surface area contributed by atoms with E-state index in [0.29, 0.717) is 34.7 Å². The first-order valence-corrected chi connectivity index (χ1v) is 16.7. The van der Waals surface area contributed by atoms with Crippen LogP contribution in [0, 0.1) is 0 Å². The molecule has 2 heterocycles. The summed E-state index contributed by atoms with van der Waals surface area (Å²) in [6.07, 6.45) is -1.32. The molecule has 0 aliphatic carbocycles. The van der Waals surface area contributed by atoms with Gasteiger partial charge in [-0.1, -0.05) is 43.3 Å². The molecule has 0 spiro atoms. The molecule has 4 aromatic rings. The number of hydrogen-bond donors (Lipinski definition) is 3. The van der Waals surface area contributed by atoms with Crippen LogP contribution in [0.25, 0.3) is 0 Å². The molecular formula is C28H30F3N6O4PS. The van der Waals surface area contributed by atoms with Crippen molar-refractivity contribution in [3.63, 3.8) is 0 Å². The van der Waals surface area contributed by atoms with Crippen LogP contribution < -0.4 is 20.2 Å². The number of aromatic nitrogens is 3. The zero-order valence-electron chi connectivity index (χ0n) is 23.5. The van der Waals surface area contributed by atoms with E-state index >= 15 is 0 Å². The number of rotatable bonds is 11. The molecule has 0 amide bonds. The van der Waals surface area contributed by atoms with Gasteiger partial charge in [-0.25, -0.2) is 18.4 Å². The molecule has 1 unspecified atom stereocenters. The van der Waals surface area contributed by atoms with Gasteiger partial charge < -0.3 is 15.5 Å². The largest absolute Gasteiger partial charge is 0.421 e. The maximum Gasteiger partial charge on any atom is 0.421 e. The third kappa shape index (κ3) is 7.89. The monoisotopic (exact) mass is 634 g/mol. The van der Waals surface area contributed by atoms with Crippen molar-refractivity contribution in [1.82, 2.24) is 15.0 Å². The minimum absolute atomic E-state index is 0.0537. The summed E-state index contributed by atoms with van der Waals surface area (Å²) in [6, 6.07) is 16.6. The van der Waals surface area contributed by atoms with Gasteiger partial charge in [-0.05, 0) is 41.8 Å². The molecule has 0 aliphatic rings. The zero-order chi connectivity index (χ0) is 31.4. The van der Waals surface area contributed by atoms with Gasteiger partial charge >= 0.3 is 6.18 Å². The fraction of sp³-hybridized carbons (Fsp3) is 0.250. The first-order chi connectivity index (χ1) is 20.2. The average molecular weight is 635 g/mol. The highest BCUT2D eigenvalue weighted by Gasteiger charge is 2.35. The van der Waals surface area contributed by atoms with E-state index in [9.17, 15) is 31.0 Å². The number of anilines is 4. The number of nitrogens with one attached hydrogen (secondary N) is 2. The Morgan fingerprint density at radius 2 is 1.74 bits per heavy atom. The third-order valence-electron chi connectivity index (χ3n) is 6.53. The smallest absolute Gasteiger partial charge is 0.365 e. The number of sulfonamides is 1. The number of hydrogen-bond acceptors (Lipinski definition) is 8. The van der Waals surface area contributed by atoms with Gasteiger partial charge in [0, 0.05) is 42.5 Å². The molecule has 1 atom stereocenters. The molecule has 4 rings (SSSR count). The second kappa shape index (κ2) is 12.7. The summed E-state index contributed by atoms with van der Waals surface area (Å²) < 4.78 is 79.7. The predicted octanol–water partition coefficient (Wildman–Crippen LogP) is 5.30. The summed E-state index contributed by atoms with van der Waals surface area (Å²) in [5.41, 5.74) is 0.913. The topological polar surface area (TPSA) is 137 Å². The van der Waals surface area contributed by atoms with Crippen LogP contribution in [-0.4, -0.2) is 41.6 Å². The lowest BCUT2D eigenvalue weighted by Crippen LogP contribution is -2.27. The van der Waals surface area contributed by atoms with Gasteiger partial charge in [0.1, 0.15) is 17.2 Å². The summed E-state index contributed by atoms with van der Waals surface area (Å²) in [4.78, 5) is 22.8. The second-order valence-electron chi connectivity index (χ2n) is 9.69. The Morgan fingerprint density at radius 3 is 2.44 bits per heavy atom. The first kappa shape index (κ1) is 31.9. The molecule has 43 heavy (non-hydrogen) atoms. The summed E-state index contributed by atoms with van der Waals surface area (Å²) >= 11 is 0. The molecule has 15 heteroatoms. The van der Waals surface area contributed by atoms with Crippen molar-refractivity contribution in [2.75, 3.05) is 28.2 Å². The van der Waals surface area contributed by atoms with Crippen molar-refractivity contribution in [3.05, 3.63) is 95.3 Å². The van der Waals surface area contributed by atoms with E-state index in [0.717, 1.165) is 16.1 Å². The van der Waals surface area contributed by atoms with Crippen molar-refractivity contribution < 1.29 is 31.0 Å². The van der Waals surface area contributed by atoms with Gasteiger partial charge in [-0.3, -0.25) is 8.87 Å². The van der Waals surface area contributed by atoms with E-state index in [2.05, 4.69) is 25.6 Å². The Balaban J connectivity index is 1.58. The van der Waals surface area contributed by atoms with E-state index in [1.807, 2.05) is 19.1 Å². The highest BCUT2D eigenvalue weighted by atomic mass is 32.2. The summed E-state index contributed by atoms with van der Waals surface area (Å²) in [5, 5.41) is 5.88.